The molecule has 2 N–H and O–H groups in total. The number of fused-ring (bicyclic) bond motifs is 2. The summed E-state index contributed by atoms with van der Waals surface area (Å²) in [4.78, 5) is 15.5. The zero-order chi connectivity index (χ0) is 30.3. The molecular weight excluding hydrogens is 566 g/mol. The number of nitrogens with zero attached hydrogens (tertiary/aromatic N) is 2. The van der Waals surface area contributed by atoms with Gasteiger partial charge in [0.2, 0.25) is 6.79 Å². The number of amides is 1. The molecule has 0 bridgehead atoms. The molecule has 3 aliphatic heterocycles. The van der Waals surface area contributed by atoms with E-state index in [0.29, 0.717) is 44.4 Å². The van der Waals surface area contributed by atoms with Crippen molar-refractivity contribution in [3.63, 3.8) is 0 Å². The van der Waals surface area contributed by atoms with Gasteiger partial charge in [-0.2, -0.15) is 5.26 Å². The van der Waals surface area contributed by atoms with Gasteiger partial charge in [0.1, 0.15) is 17.9 Å². The Hall–Kier alpha value is -3.56. The molecule has 5 atom stereocenters. The predicted molar refractivity (Wildman–Crippen MR) is 158 cm³/mol. The van der Waals surface area contributed by atoms with E-state index in [1.807, 2.05) is 36.4 Å². The third-order valence-corrected chi connectivity index (χ3v) is 8.97. The van der Waals surface area contributed by atoms with Crippen molar-refractivity contribution in [2.45, 2.75) is 69.6 Å². The summed E-state index contributed by atoms with van der Waals surface area (Å²) in [5, 5.41) is 23.5. The van der Waals surface area contributed by atoms with Gasteiger partial charge in [0.25, 0.3) is 0 Å². The minimum atomic E-state index is -0.880. The summed E-state index contributed by atoms with van der Waals surface area (Å²) >= 11 is 0. The van der Waals surface area contributed by atoms with E-state index in [1.165, 1.54) is 25.7 Å². The van der Waals surface area contributed by atoms with Crippen molar-refractivity contribution in [2.75, 3.05) is 39.7 Å². The van der Waals surface area contributed by atoms with Crippen molar-refractivity contribution >= 4 is 6.09 Å². The molecule has 1 amide bonds. The third kappa shape index (κ3) is 7.74. The zero-order valence-electron chi connectivity index (χ0n) is 24.9. The zero-order valence-corrected chi connectivity index (χ0v) is 24.9. The van der Waals surface area contributed by atoms with E-state index < -0.39 is 18.2 Å². The van der Waals surface area contributed by atoms with Gasteiger partial charge in [-0.1, -0.05) is 31.0 Å². The standard InChI is InChI=1S/C33H41N3O8/c34-12-14-39-25-8-5-22(6-9-25)15-27(35-33(38)44-31-20-41-32-26(31)11-13-40-32)28(37)19-36(17-23-3-1-2-4-23)18-24-7-10-29-30(16-24)43-21-42-29/h5-10,16,23,26-28,31-32,37H,1-4,11,13-15,17-21H2,(H,35,38)/t26-,27-,28+,31-,32+/m0/s1. The molecule has 0 aromatic heterocycles. The second-order valence-electron chi connectivity index (χ2n) is 12.1. The normalized spacial score (nSPS) is 23.7. The molecule has 4 aliphatic rings. The molecule has 6 rings (SSSR count). The van der Waals surface area contributed by atoms with Gasteiger partial charge in [-0.15, -0.1) is 0 Å². The van der Waals surface area contributed by atoms with Crippen LogP contribution in [0.25, 0.3) is 0 Å². The van der Waals surface area contributed by atoms with Gasteiger partial charge < -0.3 is 38.8 Å². The first-order valence-electron chi connectivity index (χ1n) is 15.6. The maximum absolute atomic E-state index is 13.2. The van der Waals surface area contributed by atoms with Crippen LogP contribution in [0.15, 0.2) is 42.5 Å². The first-order chi connectivity index (χ1) is 21.5. The second kappa shape index (κ2) is 14.5. The van der Waals surface area contributed by atoms with E-state index >= 15 is 0 Å². The molecule has 2 aromatic rings. The number of hydrogen-bond donors (Lipinski definition) is 2. The number of hydrogen-bond acceptors (Lipinski definition) is 10. The molecule has 0 unspecified atom stereocenters. The van der Waals surface area contributed by atoms with Gasteiger partial charge in [-0.05, 0) is 67.0 Å². The van der Waals surface area contributed by atoms with Crippen LogP contribution in [0.5, 0.6) is 17.2 Å². The van der Waals surface area contributed by atoms with E-state index in [0.717, 1.165) is 35.6 Å². The van der Waals surface area contributed by atoms with E-state index in [1.54, 1.807) is 12.1 Å². The van der Waals surface area contributed by atoms with E-state index in [2.05, 4.69) is 10.2 Å². The molecule has 11 heteroatoms. The first-order valence-corrected chi connectivity index (χ1v) is 15.6. The SMILES string of the molecule is N#CCOc1ccc(C[C@H](NC(=O)O[C@H]2CO[C@H]3OCC[C@H]32)[C@H](O)CN(Cc2ccc3c(c2)OCO3)CC2CCCC2)cc1. The Balaban J connectivity index is 1.15. The number of nitrogens with one attached hydrogen (secondary N) is 1. The van der Waals surface area contributed by atoms with Crippen molar-refractivity contribution in [1.29, 1.82) is 5.26 Å². The minimum Gasteiger partial charge on any atom is -0.479 e. The number of carbonyl (C=O) groups is 1. The molecule has 2 saturated heterocycles. The average molecular weight is 608 g/mol. The molecule has 44 heavy (non-hydrogen) atoms. The smallest absolute Gasteiger partial charge is 0.407 e. The molecular formula is C33H41N3O8. The third-order valence-electron chi connectivity index (χ3n) is 8.97. The fourth-order valence-electron chi connectivity index (χ4n) is 6.70. The summed E-state index contributed by atoms with van der Waals surface area (Å²) < 4.78 is 33.5. The molecule has 3 heterocycles. The van der Waals surface area contributed by atoms with Crippen LogP contribution in [0.2, 0.25) is 0 Å². The molecule has 11 nitrogen and oxygen atoms in total. The number of aliphatic hydroxyl groups excluding tert-OH is 1. The molecule has 1 saturated carbocycles. The number of alkyl carbamates (subject to hydrolysis) is 1. The van der Waals surface area contributed by atoms with Gasteiger partial charge in [-0.25, -0.2) is 4.79 Å². The van der Waals surface area contributed by atoms with Crippen molar-refractivity contribution in [3.05, 3.63) is 53.6 Å². The van der Waals surface area contributed by atoms with Crippen LogP contribution in [-0.4, -0.2) is 80.3 Å². The van der Waals surface area contributed by atoms with Gasteiger partial charge in [-0.3, -0.25) is 4.90 Å². The molecule has 0 spiro atoms. The lowest BCUT2D eigenvalue weighted by Crippen LogP contribution is -2.50. The average Bonchev–Trinajstić information content (AvgIpc) is 3.84. The van der Waals surface area contributed by atoms with Crippen LogP contribution in [0.1, 0.15) is 43.2 Å². The molecule has 0 radical (unpaired) electrons. The predicted octanol–water partition coefficient (Wildman–Crippen LogP) is 3.77. The lowest BCUT2D eigenvalue weighted by Gasteiger charge is -2.32. The summed E-state index contributed by atoms with van der Waals surface area (Å²) in [5.41, 5.74) is 1.98. The number of rotatable bonds is 13. The van der Waals surface area contributed by atoms with Crippen molar-refractivity contribution in [2.24, 2.45) is 11.8 Å². The van der Waals surface area contributed by atoms with Gasteiger partial charge in [0, 0.05) is 19.6 Å². The Kier molecular flexibility index (Phi) is 10.0. The van der Waals surface area contributed by atoms with Crippen LogP contribution in [0.3, 0.4) is 0 Å². The van der Waals surface area contributed by atoms with Crippen molar-refractivity contribution in [1.82, 2.24) is 10.2 Å². The molecule has 2 aromatic carbocycles. The Labute approximate surface area is 257 Å². The highest BCUT2D eigenvalue weighted by atomic mass is 16.7. The van der Waals surface area contributed by atoms with Gasteiger partial charge >= 0.3 is 6.09 Å². The number of aliphatic hydroxyl groups is 1. The van der Waals surface area contributed by atoms with E-state index in [-0.39, 0.29) is 31.7 Å². The lowest BCUT2D eigenvalue weighted by molar-refractivity contribution is -0.0907. The number of benzene rings is 2. The minimum absolute atomic E-state index is 0.0219. The topological polar surface area (TPSA) is 132 Å². The van der Waals surface area contributed by atoms with Crippen molar-refractivity contribution < 1.29 is 38.3 Å². The number of nitriles is 1. The summed E-state index contributed by atoms with van der Waals surface area (Å²) in [5.74, 6) is 2.65. The van der Waals surface area contributed by atoms with Gasteiger partial charge in [0.15, 0.2) is 24.4 Å². The van der Waals surface area contributed by atoms with Crippen LogP contribution >= 0.6 is 0 Å². The van der Waals surface area contributed by atoms with Crippen LogP contribution in [0, 0.1) is 23.2 Å². The summed E-state index contributed by atoms with van der Waals surface area (Å²) in [6, 6.07) is 14.7. The second-order valence-corrected chi connectivity index (χ2v) is 12.1. The molecule has 3 fully saturated rings. The highest BCUT2D eigenvalue weighted by Gasteiger charge is 2.44. The Morgan fingerprint density at radius 1 is 1.07 bits per heavy atom. The fourth-order valence-corrected chi connectivity index (χ4v) is 6.70. The molecule has 236 valence electrons. The van der Waals surface area contributed by atoms with Crippen molar-refractivity contribution in [3.8, 4) is 23.3 Å². The van der Waals surface area contributed by atoms with E-state index in [9.17, 15) is 9.90 Å². The fraction of sp³-hybridized carbons (Fsp3) is 0.576. The Morgan fingerprint density at radius 3 is 2.68 bits per heavy atom. The summed E-state index contributed by atoms with van der Waals surface area (Å²) in [6.45, 7) is 2.93. The quantitative estimate of drug-likeness (QED) is 0.347. The number of ether oxygens (including phenoxy) is 6. The maximum atomic E-state index is 13.2. The number of carbonyl (C=O) groups excluding carboxylic acids is 1. The first kappa shape index (κ1) is 30.5. The highest BCUT2D eigenvalue weighted by Crippen LogP contribution is 2.34. The largest absolute Gasteiger partial charge is 0.479 e. The summed E-state index contributed by atoms with van der Waals surface area (Å²) in [7, 11) is 0. The Morgan fingerprint density at radius 2 is 1.86 bits per heavy atom. The maximum Gasteiger partial charge on any atom is 0.407 e. The van der Waals surface area contributed by atoms with Crippen LogP contribution in [-0.2, 0) is 27.2 Å². The highest BCUT2D eigenvalue weighted by molar-refractivity contribution is 5.68. The molecule has 1 aliphatic carbocycles. The van der Waals surface area contributed by atoms with Gasteiger partial charge in [0.05, 0.1) is 31.3 Å². The van der Waals surface area contributed by atoms with Crippen LogP contribution in [0.4, 0.5) is 4.79 Å². The Bertz CT molecular complexity index is 1290. The summed E-state index contributed by atoms with van der Waals surface area (Å²) in [6.07, 6.45) is 3.81. The monoisotopic (exact) mass is 607 g/mol. The lowest BCUT2D eigenvalue weighted by atomic mass is 9.99. The van der Waals surface area contributed by atoms with E-state index in [4.69, 9.17) is 33.7 Å². The van der Waals surface area contributed by atoms with Crippen LogP contribution < -0.4 is 19.5 Å².